The second-order valence-electron chi connectivity index (χ2n) is 5.48. The molecule has 21 heavy (non-hydrogen) atoms. The number of thioether (sulfide) groups is 1. The highest BCUT2D eigenvalue weighted by molar-refractivity contribution is 7.99. The number of hydrogen-bond donors (Lipinski definition) is 2. The Morgan fingerprint density at radius 1 is 1.29 bits per heavy atom. The molecule has 0 saturated carbocycles. The molecular formula is C14H26N2O3S2. The van der Waals surface area contributed by atoms with Gasteiger partial charge in [-0.3, -0.25) is 0 Å². The van der Waals surface area contributed by atoms with E-state index in [2.05, 4.69) is 30.8 Å². The second-order valence-corrected chi connectivity index (χ2v) is 8.45. The highest BCUT2D eigenvalue weighted by atomic mass is 32.2. The number of rotatable bonds is 10. The monoisotopic (exact) mass is 334 g/mol. The summed E-state index contributed by atoms with van der Waals surface area (Å²) in [5.41, 5.74) is 0. The molecule has 122 valence electrons. The van der Waals surface area contributed by atoms with Crippen LogP contribution in [0.5, 0.6) is 0 Å². The molecule has 1 heterocycles. The Morgan fingerprint density at radius 2 is 2.00 bits per heavy atom. The van der Waals surface area contributed by atoms with Crippen LogP contribution in [0, 0.1) is 5.92 Å². The quantitative estimate of drug-likeness (QED) is 0.688. The smallest absolute Gasteiger partial charge is 0.273 e. The average molecular weight is 335 g/mol. The first-order valence-electron chi connectivity index (χ1n) is 7.17. The summed E-state index contributed by atoms with van der Waals surface area (Å²) < 4.78 is 32.1. The lowest BCUT2D eigenvalue weighted by Gasteiger charge is -2.08. The summed E-state index contributed by atoms with van der Waals surface area (Å²) in [5.74, 6) is 1.18. The highest BCUT2D eigenvalue weighted by Gasteiger charge is 2.18. The fraction of sp³-hybridized carbons (Fsp3) is 0.714. The predicted octanol–water partition coefficient (Wildman–Crippen LogP) is 2.45. The van der Waals surface area contributed by atoms with Gasteiger partial charge in [-0.05, 0) is 37.3 Å². The lowest BCUT2D eigenvalue weighted by atomic mass is 10.2. The van der Waals surface area contributed by atoms with E-state index in [1.54, 1.807) is 17.8 Å². The Labute approximate surface area is 132 Å². The van der Waals surface area contributed by atoms with Gasteiger partial charge in [0.25, 0.3) is 10.0 Å². The molecule has 1 rings (SSSR count). The molecule has 0 aliphatic heterocycles. The van der Waals surface area contributed by atoms with Crippen molar-refractivity contribution in [2.75, 3.05) is 19.3 Å². The van der Waals surface area contributed by atoms with E-state index in [0.717, 1.165) is 13.0 Å². The Morgan fingerprint density at radius 3 is 2.62 bits per heavy atom. The van der Waals surface area contributed by atoms with Crippen LogP contribution < -0.4 is 10.0 Å². The van der Waals surface area contributed by atoms with Crippen LogP contribution in [0.3, 0.4) is 0 Å². The lowest BCUT2D eigenvalue weighted by Crippen LogP contribution is -2.26. The second kappa shape index (κ2) is 8.82. The molecule has 0 saturated heterocycles. The number of hydrogen-bond acceptors (Lipinski definition) is 5. The van der Waals surface area contributed by atoms with Gasteiger partial charge in [0.15, 0.2) is 0 Å². The van der Waals surface area contributed by atoms with Crippen LogP contribution in [-0.2, 0) is 16.6 Å². The van der Waals surface area contributed by atoms with E-state index in [1.165, 1.54) is 6.07 Å². The Bertz CT molecular complexity index is 512. The molecule has 1 atom stereocenters. The van der Waals surface area contributed by atoms with E-state index < -0.39 is 10.0 Å². The van der Waals surface area contributed by atoms with E-state index in [4.69, 9.17) is 4.42 Å². The molecule has 0 amide bonds. The predicted molar refractivity (Wildman–Crippen MR) is 88.0 cm³/mol. The fourth-order valence-electron chi connectivity index (χ4n) is 1.67. The van der Waals surface area contributed by atoms with Crippen molar-refractivity contribution in [3.8, 4) is 0 Å². The number of nitrogens with one attached hydrogen (secondary N) is 2. The molecule has 0 spiro atoms. The van der Waals surface area contributed by atoms with Crippen LogP contribution in [0.1, 0.15) is 33.0 Å². The van der Waals surface area contributed by atoms with Crippen LogP contribution in [0.25, 0.3) is 0 Å². The highest BCUT2D eigenvalue weighted by Crippen LogP contribution is 2.14. The minimum atomic E-state index is -3.54. The topological polar surface area (TPSA) is 71.3 Å². The van der Waals surface area contributed by atoms with Gasteiger partial charge >= 0.3 is 0 Å². The van der Waals surface area contributed by atoms with Gasteiger partial charge in [-0.15, -0.1) is 0 Å². The summed E-state index contributed by atoms with van der Waals surface area (Å²) >= 11 is 1.72. The molecule has 0 aliphatic rings. The normalized spacial score (nSPS) is 13.8. The van der Waals surface area contributed by atoms with Crippen molar-refractivity contribution >= 4 is 21.8 Å². The minimum absolute atomic E-state index is 0.0133. The van der Waals surface area contributed by atoms with Gasteiger partial charge in [-0.2, -0.15) is 11.8 Å². The summed E-state index contributed by atoms with van der Waals surface area (Å²) in [4.78, 5) is 0. The lowest BCUT2D eigenvalue weighted by molar-refractivity contribution is 0.394. The van der Waals surface area contributed by atoms with E-state index in [0.29, 0.717) is 30.0 Å². The van der Waals surface area contributed by atoms with Crippen LogP contribution in [0.4, 0.5) is 0 Å². The largest absolute Gasteiger partial charge is 0.447 e. The first-order chi connectivity index (χ1) is 9.85. The van der Waals surface area contributed by atoms with E-state index in [9.17, 15) is 8.42 Å². The van der Waals surface area contributed by atoms with Crippen LogP contribution in [0.15, 0.2) is 21.6 Å². The van der Waals surface area contributed by atoms with Crippen molar-refractivity contribution in [1.82, 2.24) is 10.0 Å². The zero-order valence-electron chi connectivity index (χ0n) is 13.2. The van der Waals surface area contributed by atoms with Crippen molar-refractivity contribution in [3.05, 3.63) is 17.9 Å². The van der Waals surface area contributed by atoms with E-state index >= 15 is 0 Å². The van der Waals surface area contributed by atoms with Crippen molar-refractivity contribution in [2.24, 2.45) is 5.92 Å². The standard InChI is InChI=1S/C14H26N2O3S2/c1-11(2)9-15-10-13-5-6-14(19-13)21(17,18)16-8-7-12(3)20-4/h5-6,11-12,15-16H,7-10H2,1-4H3. The molecule has 1 aromatic rings. The van der Waals surface area contributed by atoms with Gasteiger partial charge in [0.1, 0.15) is 5.76 Å². The van der Waals surface area contributed by atoms with Gasteiger partial charge in [0, 0.05) is 11.8 Å². The molecular weight excluding hydrogens is 308 g/mol. The molecule has 0 aromatic carbocycles. The zero-order chi connectivity index (χ0) is 15.9. The molecule has 1 unspecified atom stereocenters. The van der Waals surface area contributed by atoms with Crippen LogP contribution in [-0.4, -0.2) is 33.0 Å². The third-order valence-corrected chi connectivity index (χ3v) is 5.37. The van der Waals surface area contributed by atoms with E-state index in [-0.39, 0.29) is 5.09 Å². The molecule has 0 fully saturated rings. The maximum Gasteiger partial charge on any atom is 0.273 e. The third-order valence-electron chi connectivity index (χ3n) is 3.00. The number of furan rings is 1. The maximum absolute atomic E-state index is 12.1. The van der Waals surface area contributed by atoms with Crippen LogP contribution in [0.2, 0.25) is 0 Å². The van der Waals surface area contributed by atoms with Gasteiger partial charge in [-0.1, -0.05) is 20.8 Å². The van der Waals surface area contributed by atoms with Crippen molar-refractivity contribution in [1.29, 1.82) is 0 Å². The zero-order valence-corrected chi connectivity index (χ0v) is 14.8. The average Bonchev–Trinajstić information content (AvgIpc) is 2.87. The van der Waals surface area contributed by atoms with Gasteiger partial charge in [0.05, 0.1) is 6.54 Å². The van der Waals surface area contributed by atoms with Gasteiger partial charge in [-0.25, -0.2) is 13.1 Å². The molecule has 1 aromatic heterocycles. The molecule has 7 heteroatoms. The summed E-state index contributed by atoms with van der Waals surface area (Å²) in [6.07, 6.45) is 2.81. The fourth-order valence-corrected chi connectivity index (χ4v) is 3.01. The third kappa shape index (κ3) is 6.86. The summed E-state index contributed by atoms with van der Waals surface area (Å²) in [6, 6.07) is 3.21. The van der Waals surface area contributed by atoms with Crippen molar-refractivity contribution in [2.45, 2.75) is 44.1 Å². The molecule has 5 nitrogen and oxygen atoms in total. The van der Waals surface area contributed by atoms with E-state index in [1.807, 2.05) is 6.26 Å². The number of sulfonamides is 1. The van der Waals surface area contributed by atoms with Gasteiger partial charge in [0.2, 0.25) is 5.09 Å². The first-order valence-corrected chi connectivity index (χ1v) is 9.94. The summed E-state index contributed by atoms with van der Waals surface area (Å²) in [7, 11) is -3.54. The minimum Gasteiger partial charge on any atom is -0.447 e. The molecule has 0 aliphatic carbocycles. The molecule has 0 bridgehead atoms. The Hall–Kier alpha value is -0.500. The van der Waals surface area contributed by atoms with Gasteiger partial charge < -0.3 is 9.73 Å². The Kier molecular flexibility index (Phi) is 7.79. The first kappa shape index (κ1) is 18.5. The molecule has 2 N–H and O–H groups in total. The Balaban J connectivity index is 2.50. The van der Waals surface area contributed by atoms with Crippen LogP contribution >= 0.6 is 11.8 Å². The molecule has 0 radical (unpaired) electrons. The maximum atomic E-state index is 12.1. The summed E-state index contributed by atoms with van der Waals surface area (Å²) in [6.45, 7) is 8.14. The van der Waals surface area contributed by atoms with Crippen molar-refractivity contribution in [3.63, 3.8) is 0 Å². The SMILES string of the molecule is CSC(C)CCNS(=O)(=O)c1ccc(CNCC(C)C)o1. The van der Waals surface area contributed by atoms with Crippen molar-refractivity contribution < 1.29 is 12.8 Å². The summed E-state index contributed by atoms with van der Waals surface area (Å²) in [5, 5.41) is 3.64.